The van der Waals surface area contributed by atoms with E-state index in [4.69, 9.17) is 4.74 Å². The van der Waals surface area contributed by atoms with Crippen molar-refractivity contribution in [1.82, 2.24) is 0 Å². The van der Waals surface area contributed by atoms with E-state index < -0.39 is 6.10 Å². The summed E-state index contributed by atoms with van der Waals surface area (Å²) in [6.07, 6.45) is 0.319. The highest BCUT2D eigenvalue weighted by atomic mass is 79.9. The minimum absolute atomic E-state index is 0.397. The van der Waals surface area contributed by atoms with Crippen LogP contribution in [0, 0.1) is 0 Å². The first kappa shape index (κ1) is 13.1. The fourth-order valence-corrected chi connectivity index (χ4v) is 1.90. The minimum atomic E-state index is -0.397. The molecule has 0 unspecified atom stereocenters. The second-order valence-electron chi connectivity index (χ2n) is 4.05. The second-order valence-corrected chi connectivity index (χ2v) is 4.96. The molecule has 0 heterocycles. The molecule has 0 radical (unpaired) electrons. The van der Waals surface area contributed by atoms with Crippen molar-refractivity contribution in [3.63, 3.8) is 0 Å². The first-order valence-electron chi connectivity index (χ1n) is 5.90. The van der Waals surface area contributed by atoms with E-state index in [9.17, 15) is 5.11 Å². The van der Waals surface area contributed by atoms with Gasteiger partial charge >= 0.3 is 0 Å². The monoisotopic (exact) mass is 306 g/mol. The SMILES string of the molecule is CC[C@@H](O)c1ccc(Oc2ccc(Br)cc2)cc1. The van der Waals surface area contributed by atoms with Gasteiger partial charge in [0.1, 0.15) is 11.5 Å². The van der Waals surface area contributed by atoms with Gasteiger partial charge in [0.2, 0.25) is 0 Å². The van der Waals surface area contributed by atoms with Crippen molar-refractivity contribution < 1.29 is 9.84 Å². The first-order chi connectivity index (χ1) is 8.69. The van der Waals surface area contributed by atoms with Gasteiger partial charge in [-0.1, -0.05) is 35.0 Å². The molecule has 2 rings (SSSR count). The summed E-state index contributed by atoms with van der Waals surface area (Å²) in [6.45, 7) is 1.96. The Hall–Kier alpha value is -1.32. The molecule has 0 aromatic heterocycles. The molecule has 0 fully saturated rings. The average Bonchev–Trinajstić information content (AvgIpc) is 2.41. The quantitative estimate of drug-likeness (QED) is 0.888. The van der Waals surface area contributed by atoms with Crippen molar-refractivity contribution in [3.8, 4) is 11.5 Å². The molecular weight excluding hydrogens is 292 g/mol. The zero-order valence-electron chi connectivity index (χ0n) is 10.1. The minimum Gasteiger partial charge on any atom is -0.457 e. The molecular formula is C15H15BrO2. The van der Waals surface area contributed by atoms with Gasteiger partial charge in [-0.15, -0.1) is 0 Å². The van der Waals surface area contributed by atoms with E-state index >= 15 is 0 Å². The van der Waals surface area contributed by atoms with Crippen LogP contribution in [0.2, 0.25) is 0 Å². The Morgan fingerprint density at radius 3 is 2.00 bits per heavy atom. The number of hydrogen-bond acceptors (Lipinski definition) is 2. The maximum absolute atomic E-state index is 9.69. The molecule has 0 amide bonds. The third-order valence-corrected chi connectivity index (χ3v) is 3.23. The van der Waals surface area contributed by atoms with Gasteiger partial charge < -0.3 is 9.84 Å². The smallest absolute Gasteiger partial charge is 0.127 e. The van der Waals surface area contributed by atoms with Gasteiger partial charge in [-0.2, -0.15) is 0 Å². The van der Waals surface area contributed by atoms with Crippen molar-refractivity contribution in [3.05, 3.63) is 58.6 Å². The lowest BCUT2D eigenvalue weighted by Crippen LogP contribution is -1.94. The molecule has 3 heteroatoms. The van der Waals surface area contributed by atoms with Crippen LogP contribution in [0.1, 0.15) is 25.0 Å². The zero-order chi connectivity index (χ0) is 13.0. The van der Waals surface area contributed by atoms with Crippen LogP contribution in [0.5, 0.6) is 11.5 Å². The van der Waals surface area contributed by atoms with E-state index in [1.54, 1.807) is 0 Å². The fourth-order valence-electron chi connectivity index (χ4n) is 1.63. The van der Waals surface area contributed by atoms with Gasteiger partial charge in [0.15, 0.2) is 0 Å². The molecule has 0 spiro atoms. The van der Waals surface area contributed by atoms with Crippen LogP contribution in [0.15, 0.2) is 53.0 Å². The summed E-state index contributed by atoms with van der Waals surface area (Å²) in [4.78, 5) is 0. The zero-order valence-corrected chi connectivity index (χ0v) is 11.7. The molecule has 18 heavy (non-hydrogen) atoms. The Labute approximate surface area is 115 Å². The molecule has 0 aliphatic rings. The number of halogens is 1. The van der Waals surface area contributed by atoms with Crippen LogP contribution in [0.4, 0.5) is 0 Å². The van der Waals surface area contributed by atoms with Gasteiger partial charge in [0, 0.05) is 4.47 Å². The predicted octanol–water partition coefficient (Wildman–Crippen LogP) is 4.68. The van der Waals surface area contributed by atoms with Gasteiger partial charge in [-0.3, -0.25) is 0 Å². The standard InChI is InChI=1S/C15H15BrO2/c1-2-15(17)11-3-7-13(8-4-11)18-14-9-5-12(16)6-10-14/h3-10,15,17H,2H2,1H3/t15-/m1/s1. The van der Waals surface area contributed by atoms with E-state index in [0.717, 1.165) is 21.5 Å². The number of ether oxygens (including phenoxy) is 1. The van der Waals surface area contributed by atoms with E-state index in [-0.39, 0.29) is 0 Å². The normalized spacial score (nSPS) is 12.2. The van der Waals surface area contributed by atoms with Crippen molar-refractivity contribution in [2.45, 2.75) is 19.4 Å². The first-order valence-corrected chi connectivity index (χ1v) is 6.70. The van der Waals surface area contributed by atoms with E-state index in [2.05, 4.69) is 15.9 Å². The summed E-state index contributed by atoms with van der Waals surface area (Å²) < 4.78 is 6.72. The van der Waals surface area contributed by atoms with Crippen molar-refractivity contribution >= 4 is 15.9 Å². The topological polar surface area (TPSA) is 29.5 Å². The number of rotatable bonds is 4. The van der Waals surface area contributed by atoms with E-state index in [0.29, 0.717) is 6.42 Å². The third-order valence-electron chi connectivity index (χ3n) is 2.70. The van der Waals surface area contributed by atoms with Crippen LogP contribution in [0.25, 0.3) is 0 Å². The molecule has 0 aliphatic heterocycles. The Kier molecular flexibility index (Phi) is 4.39. The van der Waals surface area contributed by atoms with Gasteiger partial charge in [-0.05, 0) is 48.4 Å². The van der Waals surface area contributed by atoms with Crippen molar-refractivity contribution in [2.75, 3.05) is 0 Å². The summed E-state index contributed by atoms with van der Waals surface area (Å²) >= 11 is 3.38. The summed E-state index contributed by atoms with van der Waals surface area (Å²) in [7, 11) is 0. The summed E-state index contributed by atoms with van der Waals surface area (Å²) in [6, 6.07) is 15.2. The molecule has 1 N–H and O–H groups in total. The molecule has 2 nitrogen and oxygen atoms in total. The molecule has 2 aromatic rings. The van der Waals surface area contributed by atoms with Crippen LogP contribution in [-0.2, 0) is 0 Å². The Balaban J connectivity index is 2.08. The number of benzene rings is 2. The highest BCUT2D eigenvalue weighted by molar-refractivity contribution is 9.10. The molecule has 2 aromatic carbocycles. The maximum Gasteiger partial charge on any atom is 0.127 e. The summed E-state index contributed by atoms with van der Waals surface area (Å²) in [5, 5.41) is 9.69. The van der Waals surface area contributed by atoms with Gasteiger partial charge in [0.05, 0.1) is 6.10 Å². The van der Waals surface area contributed by atoms with Crippen molar-refractivity contribution in [2.24, 2.45) is 0 Å². The number of aliphatic hydroxyl groups excluding tert-OH is 1. The number of hydrogen-bond donors (Lipinski definition) is 1. The lowest BCUT2D eigenvalue weighted by Gasteiger charge is -2.10. The molecule has 0 bridgehead atoms. The highest BCUT2D eigenvalue weighted by Crippen LogP contribution is 2.25. The molecule has 1 atom stereocenters. The molecule has 94 valence electrons. The van der Waals surface area contributed by atoms with E-state index in [1.165, 1.54) is 0 Å². The molecule has 0 saturated heterocycles. The summed E-state index contributed by atoms with van der Waals surface area (Å²) in [5.74, 6) is 1.56. The van der Waals surface area contributed by atoms with Crippen LogP contribution >= 0.6 is 15.9 Å². The predicted molar refractivity (Wildman–Crippen MR) is 75.9 cm³/mol. The average molecular weight is 307 g/mol. The van der Waals surface area contributed by atoms with Crippen LogP contribution < -0.4 is 4.74 Å². The lowest BCUT2D eigenvalue weighted by molar-refractivity contribution is 0.173. The highest BCUT2D eigenvalue weighted by Gasteiger charge is 2.04. The van der Waals surface area contributed by atoms with Crippen molar-refractivity contribution in [1.29, 1.82) is 0 Å². The van der Waals surface area contributed by atoms with Gasteiger partial charge in [-0.25, -0.2) is 0 Å². The van der Waals surface area contributed by atoms with E-state index in [1.807, 2.05) is 55.5 Å². The molecule has 0 aliphatic carbocycles. The third kappa shape index (κ3) is 3.34. The van der Waals surface area contributed by atoms with Gasteiger partial charge in [0.25, 0.3) is 0 Å². The molecule has 0 saturated carbocycles. The second kappa shape index (κ2) is 6.03. The maximum atomic E-state index is 9.69. The number of aliphatic hydroxyl groups is 1. The largest absolute Gasteiger partial charge is 0.457 e. The fraction of sp³-hybridized carbons (Fsp3) is 0.200. The van der Waals surface area contributed by atoms with Crippen LogP contribution in [0.3, 0.4) is 0 Å². The lowest BCUT2D eigenvalue weighted by atomic mass is 10.1. The summed E-state index contributed by atoms with van der Waals surface area (Å²) in [5.41, 5.74) is 0.917. The Morgan fingerprint density at radius 2 is 1.50 bits per heavy atom. The van der Waals surface area contributed by atoms with Crippen LogP contribution in [-0.4, -0.2) is 5.11 Å². The Bertz CT molecular complexity index is 491. The Morgan fingerprint density at radius 1 is 1.00 bits per heavy atom.